The van der Waals surface area contributed by atoms with E-state index in [1.807, 2.05) is 6.07 Å². The minimum atomic E-state index is -3.34. The number of hydrogen-bond donors (Lipinski definition) is 0. The third-order valence-electron chi connectivity index (χ3n) is 3.61. The first-order valence-electron chi connectivity index (χ1n) is 6.30. The van der Waals surface area contributed by atoms with E-state index in [9.17, 15) is 8.42 Å². The molecule has 1 aromatic carbocycles. The van der Waals surface area contributed by atoms with Crippen LogP contribution in [0.25, 0.3) is 0 Å². The zero-order chi connectivity index (χ0) is 13.2. The summed E-state index contributed by atoms with van der Waals surface area (Å²) in [5.41, 5.74) is 0. The summed E-state index contributed by atoms with van der Waals surface area (Å²) in [6.45, 7) is 3.45. The molecule has 1 aliphatic rings. The molecule has 0 amide bonds. The van der Waals surface area contributed by atoms with Crippen LogP contribution in [0.4, 0.5) is 0 Å². The van der Waals surface area contributed by atoms with E-state index in [2.05, 4.69) is 22.9 Å². The number of benzene rings is 1. The van der Waals surface area contributed by atoms with Crippen molar-refractivity contribution in [3.8, 4) is 0 Å². The molecule has 0 N–H and O–H groups in total. The van der Waals surface area contributed by atoms with Crippen LogP contribution >= 0.6 is 15.9 Å². The topological polar surface area (TPSA) is 37.4 Å². The molecule has 0 saturated carbocycles. The lowest BCUT2D eigenvalue weighted by Gasteiger charge is -2.30. The van der Waals surface area contributed by atoms with Gasteiger partial charge in [-0.25, -0.2) is 8.42 Å². The molecule has 1 fully saturated rings. The predicted molar refractivity (Wildman–Crippen MR) is 75.9 cm³/mol. The number of sulfonamides is 1. The van der Waals surface area contributed by atoms with Crippen molar-refractivity contribution in [3.05, 3.63) is 28.7 Å². The molecule has 1 saturated heterocycles. The first-order chi connectivity index (χ1) is 8.55. The molecule has 0 unspecified atom stereocenters. The summed E-state index contributed by atoms with van der Waals surface area (Å²) in [5, 5.41) is 0. The first-order valence-corrected chi connectivity index (χ1v) is 8.53. The normalized spacial score (nSPS) is 19.0. The van der Waals surface area contributed by atoms with E-state index in [0.717, 1.165) is 19.3 Å². The Morgan fingerprint density at radius 2 is 1.89 bits per heavy atom. The number of hydrogen-bond acceptors (Lipinski definition) is 2. The van der Waals surface area contributed by atoms with Gasteiger partial charge in [0.2, 0.25) is 10.0 Å². The van der Waals surface area contributed by atoms with Crippen molar-refractivity contribution in [2.75, 3.05) is 13.1 Å². The van der Waals surface area contributed by atoms with Gasteiger partial charge in [-0.1, -0.05) is 25.5 Å². The molecular weight excluding hydrogens is 314 g/mol. The van der Waals surface area contributed by atoms with Gasteiger partial charge in [0.1, 0.15) is 0 Å². The van der Waals surface area contributed by atoms with Crippen LogP contribution < -0.4 is 0 Å². The maximum Gasteiger partial charge on any atom is 0.244 e. The summed E-state index contributed by atoms with van der Waals surface area (Å²) in [7, 11) is -3.34. The summed E-state index contributed by atoms with van der Waals surface area (Å²) in [6, 6.07) is 7.01. The van der Waals surface area contributed by atoms with Crippen LogP contribution in [-0.4, -0.2) is 25.8 Å². The fourth-order valence-corrected chi connectivity index (χ4v) is 4.78. The van der Waals surface area contributed by atoms with Crippen molar-refractivity contribution in [2.45, 2.75) is 31.1 Å². The summed E-state index contributed by atoms with van der Waals surface area (Å²) in [4.78, 5) is 0.375. The molecule has 0 radical (unpaired) electrons. The molecule has 0 aliphatic carbocycles. The van der Waals surface area contributed by atoms with Crippen molar-refractivity contribution < 1.29 is 8.42 Å². The highest BCUT2D eigenvalue weighted by Crippen LogP contribution is 2.28. The molecule has 0 atom stereocenters. The summed E-state index contributed by atoms with van der Waals surface area (Å²) in [6.07, 6.45) is 3.09. The molecule has 1 aliphatic heterocycles. The van der Waals surface area contributed by atoms with Crippen LogP contribution in [0.5, 0.6) is 0 Å². The number of piperidine rings is 1. The molecule has 2 rings (SSSR count). The molecule has 5 heteroatoms. The molecule has 18 heavy (non-hydrogen) atoms. The largest absolute Gasteiger partial charge is 0.244 e. The minimum absolute atomic E-state index is 0.375. The van der Waals surface area contributed by atoms with Crippen molar-refractivity contribution in [1.29, 1.82) is 0 Å². The average Bonchev–Trinajstić information content (AvgIpc) is 2.39. The van der Waals surface area contributed by atoms with Crippen molar-refractivity contribution in [1.82, 2.24) is 4.31 Å². The van der Waals surface area contributed by atoms with Gasteiger partial charge in [-0.3, -0.25) is 0 Å². The Labute approximate surface area is 117 Å². The third kappa shape index (κ3) is 2.78. The number of rotatable bonds is 3. The average molecular weight is 332 g/mol. The standard InChI is InChI=1S/C13H18BrNO2S/c1-2-11-7-9-15(10-8-11)18(16,17)13-6-4-3-5-12(13)14/h3-6,11H,2,7-10H2,1H3. The van der Waals surface area contributed by atoms with Crippen LogP contribution in [0.1, 0.15) is 26.2 Å². The molecule has 0 spiro atoms. The SMILES string of the molecule is CCC1CCN(S(=O)(=O)c2ccccc2Br)CC1. The highest BCUT2D eigenvalue weighted by atomic mass is 79.9. The van der Waals surface area contributed by atoms with E-state index >= 15 is 0 Å². The van der Waals surface area contributed by atoms with Crippen LogP contribution in [0.3, 0.4) is 0 Å². The molecule has 1 heterocycles. The molecule has 0 aromatic heterocycles. The van der Waals surface area contributed by atoms with Crippen LogP contribution in [0, 0.1) is 5.92 Å². The lowest BCUT2D eigenvalue weighted by atomic mass is 9.96. The van der Waals surface area contributed by atoms with E-state index in [0.29, 0.717) is 28.4 Å². The monoisotopic (exact) mass is 331 g/mol. The van der Waals surface area contributed by atoms with E-state index in [1.54, 1.807) is 22.5 Å². The summed E-state index contributed by atoms with van der Waals surface area (Å²) in [5.74, 6) is 0.677. The second-order valence-electron chi connectivity index (χ2n) is 4.69. The Bertz CT molecular complexity index is 507. The van der Waals surface area contributed by atoms with E-state index in [1.165, 1.54) is 0 Å². The Morgan fingerprint density at radius 1 is 1.28 bits per heavy atom. The van der Waals surface area contributed by atoms with E-state index in [-0.39, 0.29) is 0 Å². The number of nitrogens with zero attached hydrogens (tertiary/aromatic N) is 1. The van der Waals surface area contributed by atoms with Crippen molar-refractivity contribution in [2.24, 2.45) is 5.92 Å². The molecule has 3 nitrogen and oxygen atoms in total. The summed E-state index contributed by atoms with van der Waals surface area (Å²) < 4.78 is 27.2. The second-order valence-corrected chi connectivity index (χ2v) is 7.45. The van der Waals surface area contributed by atoms with Gasteiger partial charge in [0.15, 0.2) is 0 Å². The molecule has 100 valence electrons. The quantitative estimate of drug-likeness (QED) is 0.852. The molecular formula is C13H18BrNO2S. The van der Waals surface area contributed by atoms with Gasteiger partial charge < -0.3 is 0 Å². The Morgan fingerprint density at radius 3 is 2.44 bits per heavy atom. The molecule has 1 aromatic rings. The van der Waals surface area contributed by atoms with Gasteiger partial charge in [0.25, 0.3) is 0 Å². The smallest absolute Gasteiger partial charge is 0.207 e. The lowest BCUT2D eigenvalue weighted by molar-refractivity contribution is 0.269. The van der Waals surface area contributed by atoms with Gasteiger partial charge in [-0.05, 0) is 46.8 Å². The maximum absolute atomic E-state index is 12.5. The highest BCUT2D eigenvalue weighted by molar-refractivity contribution is 9.10. The van der Waals surface area contributed by atoms with Crippen LogP contribution in [-0.2, 0) is 10.0 Å². The van der Waals surface area contributed by atoms with Gasteiger partial charge >= 0.3 is 0 Å². The third-order valence-corrected chi connectivity index (χ3v) is 6.52. The highest BCUT2D eigenvalue weighted by Gasteiger charge is 2.29. The van der Waals surface area contributed by atoms with Crippen molar-refractivity contribution in [3.63, 3.8) is 0 Å². The first kappa shape index (κ1) is 14.0. The van der Waals surface area contributed by atoms with E-state index < -0.39 is 10.0 Å². The fourth-order valence-electron chi connectivity index (χ4n) is 2.35. The zero-order valence-corrected chi connectivity index (χ0v) is 12.9. The van der Waals surface area contributed by atoms with Gasteiger partial charge in [-0.2, -0.15) is 4.31 Å². The molecule has 0 bridgehead atoms. The van der Waals surface area contributed by atoms with Crippen molar-refractivity contribution >= 4 is 26.0 Å². The predicted octanol–water partition coefficient (Wildman–Crippen LogP) is 3.26. The Balaban J connectivity index is 2.20. The van der Waals surface area contributed by atoms with Gasteiger partial charge in [0.05, 0.1) is 4.90 Å². The van der Waals surface area contributed by atoms with Gasteiger partial charge in [-0.15, -0.1) is 0 Å². The Kier molecular flexibility index (Phi) is 4.45. The van der Waals surface area contributed by atoms with Crippen LogP contribution in [0.2, 0.25) is 0 Å². The fraction of sp³-hybridized carbons (Fsp3) is 0.538. The lowest BCUT2D eigenvalue weighted by Crippen LogP contribution is -2.38. The second kappa shape index (κ2) is 5.72. The number of halogens is 1. The Hall–Kier alpha value is -0.390. The maximum atomic E-state index is 12.5. The zero-order valence-electron chi connectivity index (χ0n) is 10.5. The van der Waals surface area contributed by atoms with Crippen LogP contribution in [0.15, 0.2) is 33.6 Å². The van der Waals surface area contributed by atoms with E-state index in [4.69, 9.17) is 0 Å². The van der Waals surface area contributed by atoms with Gasteiger partial charge in [0, 0.05) is 17.6 Å². The summed E-state index contributed by atoms with van der Waals surface area (Å²) >= 11 is 3.32. The minimum Gasteiger partial charge on any atom is -0.207 e.